The zero-order valence-electron chi connectivity index (χ0n) is 17.6. The molecule has 1 aliphatic rings. The third-order valence-electron chi connectivity index (χ3n) is 5.11. The molecular weight excluding hydrogens is 474 g/mol. The van der Waals surface area contributed by atoms with Crippen LogP contribution in [0.1, 0.15) is 36.7 Å². The zero-order chi connectivity index (χ0) is 23.6. The highest BCUT2D eigenvalue weighted by atomic mass is 32.2. The van der Waals surface area contributed by atoms with Gasteiger partial charge in [0.05, 0.1) is 17.0 Å². The largest absolute Gasteiger partial charge is 0.461 e. The minimum Gasteiger partial charge on any atom is -0.461 e. The van der Waals surface area contributed by atoms with Crippen LogP contribution in [0.4, 0.5) is 5.00 Å². The number of hydrogen-bond acceptors (Lipinski definition) is 10. The van der Waals surface area contributed by atoms with Gasteiger partial charge in [0.15, 0.2) is 10.6 Å². The van der Waals surface area contributed by atoms with Gasteiger partial charge in [-0.3, -0.25) is 9.36 Å². The van der Waals surface area contributed by atoms with Crippen LogP contribution < -0.4 is 11.1 Å². The summed E-state index contributed by atoms with van der Waals surface area (Å²) in [6.07, 6.45) is 1.52. The van der Waals surface area contributed by atoms with Gasteiger partial charge in [0.25, 0.3) is 0 Å². The Hall–Kier alpha value is -3.10. The van der Waals surface area contributed by atoms with Crippen molar-refractivity contribution >= 4 is 49.5 Å². The summed E-state index contributed by atoms with van der Waals surface area (Å²) in [5, 5.41) is 6.36. The number of nitrogens with zero attached hydrogens (tertiary/aromatic N) is 4. The molecule has 0 bridgehead atoms. The van der Waals surface area contributed by atoms with Crippen LogP contribution in [0, 0.1) is 0 Å². The first kappa shape index (κ1) is 23.1. The predicted molar refractivity (Wildman–Crippen MR) is 118 cm³/mol. The molecule has 1 N–H and O–H groups in total. The number of nitrogens with one attached hydrogen (secondary N) is 1. The van der Waals surface area contributed by atoms with Crippen LogP contribution in [-0.2, 0) is 26.1 Å². The second-order valence-corrected chi connectivity index (χ2v) is 9.92. The Kier molecular flexibility index (Phi) is 6.58. The lowest BCUT2D eigenvalue weighted by atomic mass is 10.3. The van der Waals surface area contributed by atoms with Crippen LogP contribution in [0.2, 0.25) is 0 Å². The fraction of sp³-hybridized carbons (Fsp3) is 0.421. The van der Waals surface area contributed by atoms with Crippen LogP contribution in [0.25, 0.3) is 11.1 Å². The molecule has 12 nitrogen and oxygen atoms in total. The Balaban J connectivity index is 1.48. The number of fused-ring (bicyclic) bond motifs is 1. The highest BCUT2D eigenvalue weighted by molar-refractivity contribution is 7.89. The normalized spacial score (nSPS) is 14.6. The Labute approximate surface area is 192 Å². The molecule has 1 aromatic carbocycles. The monoisotopic (exact) mass is 495 g/mol. The second-order valence-electron chi connectivity index (χ2n) is 7.23. The molecule has 0 aliphatic carbocycles. The lowest BCUT2D eigenvalue weighted by Crippen LogP contribution is -2.27. The Bertz CT molecular complexity index is 1350. The summed E-state index contributed by atoms with van der Waals surface area (Å²) in [6.45, 7) is 2.72. The number of amides is 1. The van der Waals surface area contributed by atoms with Crippen molar-refractivity contribution in [3.63, 3.8) is 0 Å². The molecule has 1 saturated heterocycles. The fourth-order valence-electron chi connectivity index (χ4n) is 3.50. The topological polar surface area (TPSA) is 154 Å². The van der Waals surface area contributed by atoms with Crippen molar-refractivity contribution in [1.29, 1.82) is 0 Å². The van der Waals surface area contributed by atoms with Gasteiger partial charge in [-0.05, 0) is 31.9 Å². The maximum atomic E-state index is 12.8. The lowest BCUT2D eigenvalue weighted by Gasteiger charge is -2.15. The quantitative estimate of drug-likeness (QED) is 0.457. The van der Waals surface area contributed by atoms with E-state index in [0.717, 1.165) is 24.4 Å². The number of aryl methyl sites for hydroxylation is 1. The smallest absolute Gasteiger partial charge is 0.419 e. The number of carbonyl (C=O) groups excluding carboxylic acids is 2. The minimum atomic E-state index is -3.65. The number of sulfonamides is 1. The number of anilines is 1. The number of esters is 1. The number of rotatable bonds is 8. The van der Waals surface area contributed by atoms with Crippen molar-refractivity contribution in [3.8, 4) is 0 Å². The van der Waals surface area contributed by atoms with Crippen molar-refractivity contribution in [2.24, 2.45) is 0 Å². The van der Waals surface area contributed by atoms with Gasteiger partial charge in [-0.1, -0.05) is 4.49 Å². The van der Waals surface area contributed by atoms with E-state index in [9.17, 15) is 22.8 Å². The standard InChI is InChI=1S/C19H21N5O7S2/c1-2-30-18(26)16-17(32-22-21-16)20-15(25)7-10-24-13-6-5-12(11-14(13)31-19(24)27)33(28,29)23-8-3-4-9-23/h5-6,11H,2-4,7-10H2,1H3,(H,20,25). The molecule has 1 amide bonds. The molecule has 33 heavy (non-hydrogen) atoms. The molecule has 176 valence electrons. The van der Waals surface area contributed by atoms with E-state index < -0.39 is 27.7 Å². The molecule has 4 rings (SSSR count). The van der Waals surface area contributed by atoms with Gasteiger partial charge in [0, 0.05) is 43.7 Å². The van der Waals surface area contributed by atoms with Crippen molar-refractivity contribution < 1.29 is 27.2 Å². The van der Waals surface area contributed by atoms with E-state index in [1.165, 1.54) is 27.1 Å². The maximum Gasteiger partial charge on any atom is 0.419 e. The summed E-state index contributed by atoms with van der Waals surface area (Å²) in [4.78, 5) is 36.6. The van der Waals surface area contributed by atoms with E-state index in [0.29, 0.717) is 18.6 Å². The Morgan fingerprint density at radius 1 is 1.27 bits per heavy atom. The van der Waals surface area contributed by atoms with Crippen LogP contribution in [0.15, 0.2) is 32.3 Å². The molecule has 0 unspecified atom stereocenters. The molecule has 0 atom stereocenters. The molecule has 2 aromatic heterocycles. The summed E-state index contributed by atoms with van der Waals surface area (Å²) >= 11 is 0.834. The third kappa shape index (κ3) is 4.67. The maximum absolute atomic E-state index is 12.8. The molecule has 0 radical (unpaired) electrons. The number of hydrogen-bond donors (Lipinski definition) is 1. The fourth-order valence-corrected chi connectivity index (χ4v) is 5.61. The highest BCUT2D eigenvalue weighted by Crippen LogP contribution is 2.24. The van der Waals surface area contributed by atoms with E-state index in [1.54, 1.807) is 6.92 Å². The summed E-state index contributed by atoms with van der Waals surface area (Å²) in [6, 6.07) is 4.25. The van der Waals surface area contributed by atoms with Gasteiger partial charge in [0.1, 0.15) is 0 Å². The molecule has 3 aromatic rings. The molecule has 14 heteroatoms. The summed E-state index contributed by atoms with van der Waals surface area (Å²) < 4.78 is 41.9. The average molecular weight is 496 g/mol. The van der Waals surface area contributed by atoms with Crippen molar-refractivity contribution in [1.82, 2.24) is 18.5 Å². The van der Waals surface area contributed by atoms with E-state index in [2.05, 4.69) is 14.9 Å². The molecular formula is C19H21N5O7S2. The molecule has 3 heterocycles. The zero-order valence-corrected chi connectivity index (χ0v) is 19.3. The number of oxazole rings is 1. The Morgan fingerprint density at radius 2 is 2.03 bits per heavy atom. The van der Waals surface area contributed by atoms with Gasteiger partial charge >= 0.3 is 11.7 Å². The van der Waals surface area contributed by atoms with E-state index in [-0.39, 0.29) is 40.7 Å². The van der Waals surface area contributed by atoms with Crippen molar-refractivity contribution in [3.05, 3.63) is 34.4 Å². The first-order chi connectivity index (χ1) is 15.8. The first-order valence-corrected chi connectivity index (χ1v) is 12.5. The molecule has 1 aliphatic heterocycles. The van der Waals surface area contributed by atoms with Gasteiger partial charge in [0.2, 0.25) is 21.6 Å². The number of benzene rings is 1. The van der Waals surface area contributed by atoms with E-state index in [1.807, 2.05) is 0 Å². The Morgan fingerprint density at radius 3 is 2.76 bits per heavy atom. The van der Waals surface area contributed by atoms with Gasteiger partial charge in [-0.15, -0.1) is 5.10 Å². The second kappa shape index (κ2) is 9.41. The van der Waals surface area contributed by atoms with Gasteiger partial charge in [-0.25, -0.2) is 18.0 Å². The van der Waals surface area contributed by atoms with Crippen molar-refractivity contribution in [2.75, 3.05) is 25.0 Å². The first-order valence-electron chi connectivity index (χ1n) is 10.2. The van der Waals surface area contributed by atoms with Crippen LogP contribution in [0.3, 0.4) is 0 Å². The number of aromatic nitrogens is 3. The highest BCUT2D eigenvalue weighted by Gasteiger charge is 2.28. The van der Waals surface area contributed by atoms with Crippen LogP contribution >= 0.6 is 11.5 Å². The van der Waals surface area contributed by atoms with E-state index in [4.69, 9.17) is 9.15 Å². The average Bonchev–Trinajstić information content (AvgIpc) is 3.52. The minimum absolute atomic E-state index is 0.0170. The lowest BCUT2D eigenvalue weighted by molar-refractivity contribution is -0.116. The number of carbonyl (C=O) groups is 2. The molecule has 0 saturated carbocycles. The SMILES string of the molecule is CCOC(=O)c1nnsc1NC(=O)CCn1c(=O)oc2cc(S(=O)(=O)N3CCCC3)ccc21. The van der Waals surface area contributed by atoms with Gasteiger partial charge in [-0.2, -0.15) is 4.31 Å². The van der Waals surface area contributed by atoms with Crippen LogP contribution in [0.5, 0.6) is 0 Å². The molecule has 0 spiro atoms. The van der Waals surface area contributed by atoms with E-state index >= 15 is 0 Å². The summed E-state index contributed by atoms with van der Waals surface area (Å²) in [5.41, 5.74) is 0.407. The summed E-state index contributed by atoms with van der Waals surface area (Å²) in [5.74, 6) is -1.88. The molecule has 1 fully saturated rings. The van der Waals surface area contributed by atoms with Gasteiger partial charge < -0.3 is 14.5 Å². The van der Waals surface area contributed by atoms with Crippen LogP contribution in [-0.4, -0.2) is 58.4 Å². The number of ether oxygens (including phenoxy) is 1. The van der Waals surface area contributed by atoms with Crippen molar-refractivity contribution in [2.45, 2.75) is 37.6 Å². The predicted octanol–water partition coefficient (Wildman–Crippen LogP) is 1.44. The summed E-state index contributed by atoms with van der Waals surface area (Å²) in [7, 11) is -3.65. The third-order valence-corrected chi connectivity index (χ3v) is 7.65.